The van der Waals surface area contributed by atoms with E-state index in [2.05, 4.69) is 20.6 Å². The molecule has 0 saturated carbocycles. The number of alkyl halides is 3. The van der Waals surface area contributed by atoms with Crippen molar-refractivity contribution in [3.05, 3.63) is 23.9 Å². The number of aromatic nitrogens is 1. The summed E-state index contributed by atoms with van der Waals surface area (Å²) in [6.45, 7) is 2.96. The van der Waals surface area contributed by atoms with Crippen molar-refractivity contribution in [2.24, 2.45) is 4.99 Å². The lowest BCUT2D eigenvalue weighted by Gasteiger charge is -2.19. The zero-order chi connectivity index (χ0) is 19.2. The van der Waals surface area contributed by atoms with E-state index in [1.807, 2.05) is 44.1 Å². The quantitative estimate of drug-likeness (QED) is 0.357. The number of nitrogens with one attached hydrogen (secondary N) is 2. The van der Waals surface area contributed by atoms with Gasteiger partial charge in [0.25, 0.3) is 0 Å². The van der Waals surface area contributed by atoms with Crippen molar-refractivity contribution in [3.63, 3.8) is 0 Å². The first kappa shape index (κ1) is 23.7. The minimum Gasteiger partial charge on any atom is -0.363 e. The van der Waals surface area contributed by atoms with Gasteiger partial charge in [0.2, 0.25) is 0 Å². The van der Waals surface area contributed by atoms with Gasteiger partial charge in [0.15, 0.2) is 5.96 Å². The number of guanidine groups is 1. The molecule has 0 bridgehead atoms. The molecule has 10 heteroatoms. The van der Waals surface area contributed by atoms with Crippen molar-refractivity contribution in [3.8, 4) is 0 Å². The van der Waals surface area contributed by atoms with Crippen LogP contribution >= 0.6 is 24.0 Å². The van der Waals surface area contributed by atoms with Crippen LogP contribution in [0.4, 0.5) is 19.0 Å². The first-order valence-corrected chi connectivity index (χ1v) is 8.74. The fourth-order valence-electron chi connectivity index (χ4n) is 2.83. The maximum atomic E-state index is 12.5. The molecular weight excluding hydrogens is 472 g/mol. The van der Waals surface area contributed by atoms with Crippen LogP contribution in [-0.4, -0.2) is 68.3 Å². The summed E-state index contributed by atoms with van der Waals surface area (Å²) in [7, 11) is 3.85. The van der Waals surface area contributed by atoms with E-state index < -0.39 is 12.7 Å². The van der Waals surface area contributed by atoms with Gasteiger partial charge in [-0.15, -0.1) is 24.0 Å². The number of halogens is 4. The lowest BCUT2D eigenvalue weighted by atomic mass is 10.3. The Morgan fingerprint density at radius 1 is 1.37 bits per heavy atom. The van der Waals surface area contributed by atoms with E-state index in [1.165, 1.54) is 4.90 Å². The van der Waals surface area contributed by atoms with Gasteiger partial charge in [-0.2, -0.15) is 13.2 Å². The third-order valence-corrected chi connectivity index (χ3v) is 4.01. The molecule has 2 N–H and O–H groups in total. The third-order valence-electron chi connectivity index (χ3n) is 4.01. The van der Waals surface area contributed by atoms with E-state index in [9.17, 15) is 13.2 Å². The van der Waals surface area contributed by atoms with Crippen molar-refractivity contribution >= 4 is 35.8 Å². The smallest absolute Gasteiger partial charge is 0.363 e. The van der Waals surface area contributed by atoms with E-state index in [-0.39, 0.29) is 30.0 Å². The molecule has 6 nitrogen and oxygen atoms in total. The number of anilines is 1. The molecule has 1 aromatic heterocycles. The molecule has 1 unspecified atom stereocenters. The Bertz CT molecular complexity index is 609. The molecule has 0 amide bonds. The summed E-state index contributed by atoms with van der Waals surface area (Å²) >= 11 is 0. The van der Waals surface area contributed by atoms with Crippen LogP contribution in [0, 0.1) is 0 Å². The van der Waals surface area contributed by atoms with Gasteiger partial charge >= 0.3 is 6.18 Å². The lowest BCUT2D eigenvalue weighted by Crippen LogP contribution is -2.45. The summed E-state index contributed by atoms with van der Waals surface area (Å²) in [6, 6.07) is 5.71. The highest BCUT2D eigenvalue weighted by atomic mass is 127. The van der Waals surface area contributed by atoms with Gasteiger partial charge in [-0.3, -0.25) is 4.90 Å². The van der Waals surface area contributed by atoms with Gasteiger partial charge < -0.3 is 15.5 Å². The second kappa shape index (κ2) is 10.9. The molecule has 1 aliphatic heterocycles. The molecule has 1 aliphatic rings. The van der Waals surface area contributed by atoms with E-state index in [4.69, 9.17) is 0 Å². The maximum absolute atomic E-state index is 12.5. The highest BCUT2D eigenvalue weighted by Gasteiger charge is 2.34. The van der Waals surface area contributed by atoms with Gasteiger partial charge in [0.1, 0.15) is 5.82 Å². The number of pyridine rings is 1. The molecule has 154 valence electrons. The first-order chi connectivity index (χ1) is 12.3. The SMILES string of the molecule is CCNC(=NCc1cccc(N(C)C)n1)NC1CCN(CC(F)(F)F)C1.I. The van der Waals surface area contributed by atoms with E-state index in [0.29, 0.717) is 38.6 Å². The number of aliphatic imine (C=N–C) groups is 1. The summed E-state index contributed by atoms with van der Waals surface area (Å²) < 4.78 is 37.5. The monoisotopic (exact) mass is 500 g/mol. The third kappa shape index (κ3) is 8.50. The van der Waals surface area contributed by atoms with Gasteiger partial charge in [-0.25, -0.2) is 9.98 Å². The molecule has 27 heavy (non-hydrogen) atoms. The topological polar surface area (TPSA) is 55.8 Å². The molecule has 1 aromatic rings. The fourth-order valence-corrected chi connectivity index (χ4v) is 2.83. The van der Waals surface area contributed by atoms with Crippen LogP contribution in [0.15, 0.2) is 23.2 Å². The summed E-state index contributed by atoms with van der Waals surface area (Å²) in [5.74, 6) is 1.46. The van der Waals surface area contributed by atoms with Crippen molar-refractivity contribution in [2.75, 3.05) is 45.2 Å². The predicted octanol–water partition coefficient (Wildman–Crippen LogP) is 2.46. The average Bonchev–Trinajstić information content (AvgIpc) is 2.98. The number of likely N-dealkylation sites (tertiary alicyclic amines) is 1. The van der Waals surface area contributed by atoms with Crippen molar-refractivity contribution in [1.29, 1.82) is 0 Å². The largest absolute Gasteiger partial charge is 0.401 e. The summed E-state index contributed by atoms with van der Waals surface area (Å²) in [4.78, 5) is 12.4. The van der Waals surface area contributed by atoms with E-state index in [0.717, 1.165) is 11.5 Å². The predicted molar refractivity (Wildman–Crippen MR) is 113 cm³/mol. The van der Waals surface area contributed by atoms with Crippen LogP contribution in [0.3, 0.4) is 0 Å². The van der Waals surface area contributed by atoms with Crippen LogP contribution in [0.5, 0.6) is 0 Å². The zero-order valence-electron chi connectivity index (χ0n) is 15.9. The Kier molecular flexibility index (Phi) is 9.57. The summed E-state index contributed by atoms with van der Waals surface area (Å²) in [5.41, 5.74) is 0.832. The Morgan fingerprint density at radius 2 is 2.11 bits per heavy atom. The molecule has 2 heterocycles. The highest BCUT2D eigenvalue weighted by molar-refractivity contribution is 14.0. The molecule has 0 aromatic carbocycles. The molecule has 0 radical (unpaired) electrons. The molecule has 1 atom stereocenters. The van der Waals surface area contributed by atoms with Crippen molar-refractivity contribution in [2.45, 2.75) is 32.1 Å². The molecular formula is C17H28F3IN6. The van der Waals surface area contributed by atoms with Crippen LogP contribution in [0.2, 0.25) is 0 Å². The minimum absolute atomic E-state index is 0. The number of nitrogens with zero attached hydrogens (tertiary/aromatic N) is 4. The minimum atomic E-state index is -4.16. The highest BCUT2D eigenvalue weighted by Crippen LogP contribution is 2.20. The van der Waals surface area contributed by atoms with Crippen LogP contribution in [-0.2, 0) is 6.54 Å². The van der Waals surface area contributed by atoms with Crippen molar-refractivity contribution < 1.29 is 13.2 Å². The van der Waals surface area contributed by atoms with Gasteiger partial charge in [-0.05, 0) is 25.5 Å². The molecule has 1 saturated heterocycles. The normalized spacial score (nSPS) is 18.1. The second-order valence-electron chi connectivity index (χ2n) is 6.56. The maximum Gasteiger partial charge on any atom is 0.401 e. The van der Waals surface area contributed by atoms with Gasteiger partial charge in [0.05, 0.1) is 18.8 Å². The number of rotatable bonds is 6. The van der Waals surface area contributed by atoms with E-state index >= 15 is 0 Å². The van der Waals surface area contributed by atoms with Gasteiger partial charge in [0, 0.05) is 39.8 Å². The lowest BCUT2D eigenvalue weighted by molar-refractivity contribution is -0.143. The van der Waals surface area contributed by atoms with Crippen LogP contribution in [0.1, 0.15) is 19.0 Å². The van der Waals surface area contributed by atoms with Crippen molar-refractivity contribution in [1.82, 2.24) is 20.5 Å². The summed E-state index contributed by atoms with van der Waals surface area (Å²) in [6.07, 6.45) is -3.49. The molecule has 1 fully saturated rings. The Morgan fingerprint density at radius 3 is 2.74 bits per heavy atom. The van der Waals surface area contributed by atoms with E-state index in [1.54, 1.807) is 0 Å². The Labute approximate surface area is 175 Å². The first-order valence-electron chi connectivity index (χ1n) is 8.74. The Balaban J connectivity index is 0.00000364. The molecule has 2 rings (SSSR count). The number of hydrogen-bond acceptors (Lipinski definition) is 4. The number of hydrogen-bond donors (Lipinski definition) is 2. The van der Waals surface area contributed by atoms with Crippen LogP contribution in [0.25, 0.3) is 0 Å². The second-order valence-corrected chi connectivity index (χ2v) is 6.56. The summed E-state index contributed by atoms with van der Waals surface area (Å²) in [5, 5.41) is 6.37. The molecule has 0 aliphatic carbocycles. The fraction of sp³-hybridized carbons (Fsp3) is 0.647. The average molecular weight is 500 g/mol. The zero-order valence-corrected chi connectivity index (χ0v) is 18.2. The standard InChI is InChI=1S/C17H27F3N6.HI/c1-4-21-16(22-10-13-6-5-7-15(23-13)25(2)3)24-14-8-9-26(11-14)12-17(18,19)20;/h5-7,14H,4,8-12H2,1-3H3,(H2,21,22,24);1H. The molecule has 0 spiro atoms. The van der Waals surface area contributed by atoms with Crippen LogP contribution < -0.4 is 15.5 Å². The van der Waals surface area contributed by atoms with Gasteiger partial charge in [-0.1, -0.05) is 6.07 Å². The Hall–Kier alpha value is -1.30.